The van der Waals surface area contributed by atoms with Gasteiger partial charge in [0.05, 0.1) is 36.9 Å². The maximum atomic E-state index is 13.0. The SMILES string of the molecule is COc1cc(Cn2cc(C(=O)NC3CCOC[C@@H]3O)c3nccc(C)c32)ccn1. The molecule has 4 rings (SSSR count). The summed E-state index contributed by atoms with van der Waals surface area (Å²) in [6.45, 7) is 3.30. The zero-order chi connectivity index (χ0) is 20.4. The van der Waals surface area contributed by atoms with Gasteiger partial charge in [-0.3, -0.25) is 9.78 Å². The van der Waals surface area contributed by atoms with Crippen molar-refractivity contribution < 1.29 is 19.4 Å². The molecule has 8 nitrogen and oxygen atoms in total. The third-order valence-corrected chi connectivity index (χ3v) is 5.20. The molecule has 2 N–H and O–H groups in total. The standard InChI is InChI=1S/C21H24N4O4/c1-13-3-6-23-19-15(21(27)24-16-5-8-29-12-17(16)26)11-25(20(13)19)10-14-4-7-22-18(9-14)28-2/h3-4,6-7,9,11,16-17,26H,5,8,10,12H2,1-2H3,(H,24,27)/t16?,17-/m0/s1. The number of aromatic nitrogens is 3. The first-order valence-corrected chi connectivity index (χ1v) is 9.57. The van der Waals surface area contributed by atoms with Crippen LogP contribution in [0, 0.1) is 6.92 Å². The number of pyridine rings is 2. The van der Waals surface area contributed by atoms with Gasteiger partial charge >= 0.3 is 0 Å². The van der Waals surface area contributed by atoms with Gasteiger partial charge in [0.25, 0.3) is 5.91 Å². The van der Waals surface area contributed by atoms with E-state index in [0.29, 0.717) is 36.5 Å². The first-order chi connectivity index (χ1) is 14.1. The highest BCUT2D eigenvalue weighted by molar-refractivity contribution is 6.06. The van der Waals surface area contributed by atoms with Crippen LogP contribution < -0.4 is 10.1 Å². The lowest BCUT2D eigenvalue weighted by atomic mass is 10.1. The predicted octanol–water partition coefficient (Wildman–Crippen LogP) is 1.68. The van der Waals surface area contributed by atoms with Gasteiger partial charge < -0.3 is 24.5 Å². The number of rotatable bonds is 5. The number of nitrogens with zero attached hydrogens (tertiary/aromatic N) is 3. The molecule has 0 aromatic carbocycles. The molecule has 3 aromatic heterocycles. The van der Waals surface area contributed by atoms with Gasteiger partial charge in [0.2, 0.25) is 5.88 Å². The Balaban J connectivity index is 1.68. The van der Waals surface area contributed by atoms with Crippen molar-refractivity contribution in [1.82, 2.24) is 19.9 Å². The summed E-state index contributed by atoms with van der Waals surface area (Å²) in [7, 11) is 1.58. The molecule has 152 valence electrons. The fourth-order valence-corrected chi connectivity index (χ4v) is 3.68. The Morgan fingerprint density at radius 1 is 1.38 bits per heavy atom. The monoisotopic (exact) mass is 396 g/mol. The van der Waals surface area contributed by atoms with E-state index in [9.17, 15) is 9.90 Å². The van der Waals surface area contributed by atoms with E-state index in [2.05, 4.69) is 15.3 Å². The zero-order valence-corrected chi connectivity index (χ0v) is 16.5. The number of hydrogen-bond donors (Lipinski definition) is 2. The van der Waals surface area contributed by atoms with Gasteiger partial charge in [0.15, 0.2) is 0 Å². The highest BCUT2D eigenvalue weighted by Crippen LogP contribution is 2.24. The summed E-state index contributed by atoms with van der Waals surface area (Å²) in [6.07, 6.45) is 5.09. The summed E-state index contributed by atoms with van der Waals surface area (Å²) in [6, 6.07) is 5.38. The Kier molecular flexibility index (Phi) is 5.46. The first kappa shape index (κ1) is 19.4. The van der Waals surface area contributed by atoms with Crippen LogP contribution in [0.1, 0.15) is 27.9 Å². The number of aryl methyl sites for hydroxylation is 1. The number of carbonyl (C=O) groups excluding carboxylic acids is 1. The van der Waals surface area contributed by atoms with Gasteiger partial charge in [0.1, 0.15) is 5.52 Å². The smallest absolute Gasteiger partial charge is 0.255 e. The van der Waals surface area contributed by atoms with Crippen LogP contribution >= 0.6 is 0 Å². The zero-order valence-electron chi connectivity index (χ0n) is 16.5. The number of carbonyl (C=O) groups is 1. The van der Waals surface area contributed by atoms with E-state index in [-0.39, 0.29) is 18.6 Å². The molecular weight excluding hydrogens is 372 g/mol. The predicted molar refractivity (Wildman–Crippen MR) is 107 cm³/mol. The molecule has 8 heteroatoms. The minimum absolute atomic E-state index is 0.230. The third kappa shape index (κ3) is 3.94. The molecular formula is C21H24N4O4. The quantitative estimate of drug-likeness (QED) is 0.681. The molecule has 0 aliphatic carbocycles. The van der Waals surface area contributed by atoms with Crippen LogP contribution in [0.2, 0.25) is 0 Å². The van der Waals surface area contributed by atoms with Crippen molar-refractivity contribution in [3.63, 3.8) is 0 Å². The van der Waals surface area contributed by atoms with E-state index < -0.39 is 6.10 Å². The second kappa shape index (κ2) is 8.18. The molecule has 1 saturated heterocycles. The lowest BCUT2D eigenvalue weighted by Crippen LogP contribution is -2.48. The molecule has 0 radical (unpaired) electrons. The van der Waals surface area contributed by atoms with E-state index in [1.807, 2.05) is 35.9 Å². The van der Waals surface area contributed by atoms with Crippen molar-refractivity contribution in [3.8, 4) is 5.88 Å². The largest absolute Gasteiger partial charge is 0.481 e. The molecule has 0 spiro atoms. The van der Waals surface area contributed by atoms with Crippen LogP contribution in [0.5, 0.6) is 5.88 Å². The molecule has 1 aliphatic rings. The van der Waals surface area contributed by atoms with Crippen molar-refractivity contribution in [2.75, 3.05) is 20.3 Å². The molecule has 29 heavy (non-hydrogen) atoms. The molecule has 1 amide bonds. The number of methoxy groups -OCH3 is 1. The summed E-state index contributed by atoms with van der Waals surface area (Å²) in [5.41, 5.74) is 4.07. The molecule has 1 fully saturated rings. The Morgan fingerprint density at radius 2 is 2.21 bits per heavy atom. The number of fused-ring (bicyclic) bond motifs is 1. The summed E-state index contributed by atoms with van der Waals surface area (Å²) >= 11 is 0. The average molecular weight is 396 g/mol. The van der Waals surface area contributed by atoms with Crippen LogP contribution in [0.15, 0.2) is 36.8 Å². The summed E-state index contributed by atoms with van der Waals surface area (Å²) < 4.78 is 12.5. The number of aliphatic hydroxyl groups is 1. The minimum atomic E-state index is -0.708. The van der Waals surface area contributed by atoms with Crippen molar-refractivity contribution in [2.45, 2.75) is 32.0 Å². The van der Waals surface area contributed by atoms with Crippen LogP contribution in [0.25, 0.3) is 11.0 Å². The summed E-state index contributed by atoms with van der Waals surface area (Å²) in [5, 5.41) is 13.0. The Labute approximate surface area is 168 Å². The highest BCUT2D eigenvalue weighted by atomic mass is 16.5. The van der Waals surface area contributed by atoms with E-state index in [1.54, 1.807) is 19.5 Å². The van der Waals surface area contributed by atoms with Crippen molar-refractivity contribution in [1.29, 1.82) is 0 Å². The molecule has 2 atom stereocenters. The topological polar surface area (TPSA) is 98.5 Å². The number of nitrogens with one attached hydrogen (secondary N) is 1. The van der Waals surface area contributed by atoms with Crippen LogP contribution in [-0.2, 0) is 11.3 Å². The van der Waals surface area contributed by atoms with E-state index >= 15 is 0 Å². The van der Waals surface area contributed by atoms with Gasteiger partial charge in [-0.15, -0.1) is 0 Å². The molecule has 3 aromatic rings. The Hall–Kier alpha value is -2.97. The van der Waals surface area contributed by atoms with E-state index in [4.69, 9.17) is 9.47 Å². The first-order valence-electron chi connectivity index (χ1n) is 9.57. The van der Waals surface area contributed by atoms with Crippen molar-refractivity contribution in [2.24, 2.45) is 0 Å². The maximum Gasteiger partial charge on any atom is 0.255 e. The van der Waals surface area contributed by atoms with Gasteiger partial charge in [-0.2, -0.15) is 0 Å². The lowest BCUT2D eigenvalue weighted by molar-refractivity contribution is -0.0260. The van der Waals surface area contributed by atoms with Crippen LogP contribution in [-0.4, -0.2) is 58.0 Å². The van der Waals surface area contributed by atoms with Gasteiger partial charge in [-0.1, -0.05) is 0 Å². The molecule has 0 saturated carbocycles. The fraction of sp³-hybridized carbons (Fsp3) is 0.381. The van der Waals surface area contributed by atoms with E-state index in [0.717, 1.165) is 16.6 Å². The van der Waals surface area contributed by atoms with Gasteiger partial charge in [-0.25, -0.2) is 4.98 Å². The average Bonchev–Trinajstić information content (AvgIpc) is 3.09. The number of hydrogen-bond acceptors (Lipinski definition) is 6. The second-order valence-electron chi connectivity index (χ2n) is 7.21. The van der Waals surface area contributed by atoms with Crippen molar-refractivity contribution in [3.05, 3.63) is 53.5 Å². The fourth-order valence-electron chi connectivity index (χ4n) is 3.68. The van der Waals surface area contributed by atoms with E-state index in [1.165, 1.54) is 0 Å². The molecule has 4 heterocycles. The summed E-state index contributed by atoms with van der Waals surface area (Å²) in [5.74, 6) is 0.297. The number of ether oxygens (including phenoxy) is 2. The lowest BCUT2D eigenvalue weighted by Gasteiger charge is -2.28. The third-order valence-electron chi connectivity index (χ3n) is 5.20. The molecule has 1 aliphatic heterocycles. The molecule has 1 unspecified atom stereocenters. The van der Waals surface area contributed by atoms with Crippen molar-refractivity contribution >= 4 is 16.9 Å². The van der Waals surface area contributed by atoms with Gasteiger partial charge in [-0.05, 0) is 36.6 Å². The normalized spacial score (nSPS) is 19.3. The number of aliphatic hydroxyl groups excluding tert-OH is 1. The second-order valence-corrected chi connectivity index (χ2v) is 7.21. The van der Waals surface area contributed by atoms with Gasteiger partial charge in [0, 0.05) is 37.8 Å². The Bertz CT molecular complexity index is 1030. The van der Waals surface area contributed by atoms with Crippen LogP contribution in [0.4, 0.5) is 0 Å². The highest BCUT2D eigenvalue weighted by Gasteiger charge is 2.27. The van der Waals surface area contributed by atoms with Crippen LogP contribution in [0.3, 0.4) is 0 Å². The number of amides is 1. The maximum absolute atomic E-state index is 13.0. The Morgan fingerprint density at radius 3 is 3.00 bits per heavy atom. The molecule has 0 bridgehead atoms. The minimum Gasteiger partial charge on any atom is -0.481 e. The summed E-state index contributed by atoms with van der Waals surface area (Å²) in [4.78, 5) is 21.6.